The molecular weight excluding hydrogens is 274 g/mol. The van der Waals surface area contributed by atoms with Crippen LogP contribution in [0.25, 0.3) is 11.4 Å². The zero-order valence-electron chi connectivity index (χ0n) is 12.2. The molecule has 0 spiro atoms. The van der Waals surface area contributed by atoms with Crippen molar-refractivity contribution in [1.82, 2.24) is 20.2 Å². The Hall–Kier alpha value is -2.69. The van der Waals surface area contributed by atoms with Crippen LogP contribution in [0, 0.1) is 0 Å². The van der Waals surface area contributed by atoms with Gasteiger partial charge in [-0.1, -0.05) is 6.07 Å². The topological polar surface area (TPSA) is 66.5 Å². The number of anilines is 1. The first-order valence-electron chi connectivity index (χ1n) is 7.54. The van der Waals surface area contributed by atoms with Crippen molar-refractivity contribution in [3.05, 3.63) is 60.2 Å². The lowest BCUT2D eigenvalue weighted by Gasteiger charge is -2.06. The summed E-state index contributed by atoms with van der Waals surface area (Å²) < 4.78 is 0. The Morgan fingerprint density at radius 2 is 2.00 bits per heavy atom. The molecule has 22 heavy (non-hydrogen) atoms. The molecule has 2 N–H and O–H groups in total. The van der Waals surface area contributed by atoms with E-state index in [0.717, 1.165) is 35.0 Å². The van der Waals surface area contributed by atoms with Gasteiger partial charge in [0.25, 0.3) is 0 Å². The van der Waals surface area contributed by atoms with Crippen molar-refractivity contribution < 1.29 is 0 Å². The highest BCUT2D eigenvalue weighted by Crippen LogP contribution is 2.38. The minimum atomic E-state index is 0.599. The summed E-state index contributed by atoms with van der Waals surface area (Å²) in [7, 11) is 0. The lowest BCUT2D eigenvalue weighted by molar-refractivity contribution is 0.935. The fraction of sp³-hybridized carbons (Fsp3) is 0.235. The van der Waals surface area contributed by atoms with Crippen LogP contribution in [0.1, 0.15) is 30.1 Å². The Balaban J connectivity index is 1.43. The molecule has 2 heterocycles. The summed E-state index contributed by atoms with van der Waals surface area (Å²) in [5, 5.41) is 10.7. The second-order valence-electron chi connectivity index (χ2n) is 5.61. The molecule has 0 unspecified atom stereocenters. The molecule has 2 aromatic heterocycles. The molecule has 0 amide bonds. The maximum Gasteiger partial charge on any atom is 0.181 e. The third kappa shape index (κ3) is 2.83. The van der Waals surface area contributed by atoms with Crippen molar-refractivity contribution in [3.63, 3.8) is 0 Å². The fourth-order valence-electron chi connectivity index (χ4n) is 2.39. The van der Waals surface area contributed by atoms with E-state index in [1.165, 1.54) is 12.8 Å². The smallest absolute Gasteiger partial charge is 0.181 e. The van der Waals surface area contributed by atoms with E-state index in [2.05, 4.69) is 43.7 Å². The average Bonchev–Trinajstić information content (AvgIpc) is 3.32. The van der Waals surface area contributed by atoms with Crippen LogP contribution in [0.2, 0.25) is 0 Å². The predicted molar refractivity (Wildman–Crippen MR) is 85.4 cm³/mol. The third-order valence-electron chi connectivity index (χ3n) is 3.83. The number of benzene rings is 1. The van der Waals surface area contributed by atoms with Crippen LogP contribution in [0.5, 0.6) is 0 Å². The molecule has 1 aliphatic carbocycles. The molecule has 5 nitrogen and oxygen atoms in total. The summed E-state index contributed by atoms with van der Waals surface area (Å²) in [6.45, 7) is 0.764. The molecule has 1 saturated carbocycles. The molecule has 0 saturated heterocycles. The maximum atomic E-state index is 4.57. The summed E-state index contributed by atoms with van der Waals surface area (Å²) in [6, 6.07) is 12.2. The minimum Gasteiger partial charge on any atom is -0.381 e. The summed E-state index contributed by atoms with van der Waals surface area (Å²) in [5.74, 6) is 2.40. The molecule has 0 aliphatic heterocycles. The Morgan fingerprint density at radius 1 is 1.14 bits per heavy atom. The monoisotopic (exact) mass is 291 g/mol. The molecular formula is C17H17N5. The number of aromatic nitrogens is 4. The van der Waals surface area contributed by atoms with E-state index in [1.54, 1.807) is 6.20 Å². The van der Waals surface area contributed by atoms with Crippen LogP contribution in [-0.2, 0) is 6.54 Å². The first kappa shape index (κ1) is 13.0. The van der Waals surface area contributed by atoms with Gasteiger partial charge in [-0.2, -0.15) is 5.10 Å². The van der Waals surface area contributed by atoms with Crippen LogP contribution in [0.15, 0.2) is 48.8 Å². The Labute approximate surface area is 128 Å². The van der Waals surface area contributed by atoms with Gasteiger partial charge in [0.2, 0.25) is 0 Å². The van der Waals surface area contributed by atoms with Gasteiger partial charge in [-0.15, -0.1) is 0 Å². The van der Waals surface area contributed by atoms with Crippen molar-refractivity contribution in [2.75, 3.05) is 5.32 Å². The zero-order chi connectivity index (χ0) is 14.8. The maximum absolute atomic E-state index is 4.57. The van der Waals surface area contributed by atoms with Gasteiger partial charge in [0.1, 0.15) is 5.82 Å². The number of rotatable bonds is 5. The molecule has 1 aliphatic rings. The van der Waals surface area contributed by atoms with Gasteiger partial charge in [-0.25, -0.2) is 4.98 Å². The molecule has 110 valence electrons. The van der Waals surface area contributed by atoms with Crippen molar-refractivity contribution in [2.45, 2.75) is 25.3 Å². The standard InChI is InChI=1S/C17H17N5/c1-2-12(10-18-9-1)11-19-15-7-5-14(6-8-15)17-20-16(21-22-17)13-3-4-13/h1-2,5-10,13,19H,3-4,11H2,(H,20,21,22). The summed E-state index contributed by atoms with van der Waals surface area (Å²) in [4.78, 5) is 8.68. The number of H-pyrrole nitrogens is 1. The highest BCUT2D eigenvalue weighted by atomic mass is 15.2. The van der Waals surface area contributed by atoms with Crippen molar-refractivity contribution in [3.8, 4) is 11.4 Å². The van der Waals surface area contributed by atoms with Gasteiger partial charge in [-0.05, 0) is 48.7 Å². The lowest BCUT2D eigenvalue weighted by Crippen LogP contribution is -1.99. The highest BCUT2D eigenvalue weighted by molar-refractivity contribution is 5.59. The normalized spacial score (nSPS) is 14.0. The first-order chi connectivity index (χ1) is 10.9. The second kappa shape index (κ2) is 5.60. The van der Waals surface area contributed by atoms with Gasteiger partial charge in [0.05, 0.1) is 0 Å². The van der Waals surface area contributed by atoms with Gasteiger partial charge < -0.3 is 5.32 Å². The number of nitrogens with one attached hydrogen (secondary N) is 2. The van der Waals surface area contributed by atoms with Crippen LogP contribution in [0.3, 0.4) is 0 Å². The molecule has 0 atom stereocenters. The molecule has 5 heteroatoms. The predicted octanol–water partition coefficient (Wildman–Crippen LogP) is 3.36. The van der Waals surface area contributed by atoms with Gasteiger partial charge in [0, 0.05) is 36.1 Å². The Kier molecular flexibility index (Phi) is 3.31. The van der Waals surface area contributed by atoms with E-state index in [1.807, 2.05) is 24.4 Å². The Bertz CT molecular complexity index is 744. The summed E-state index contributed by atoms with van der Waals surface area (Å²) in [6.07, 6.45) is 6.11. The van der Waals surface area contributed by atoms with Crippen molar-refractivity contribution >= 4 is 5.69 Å². The number of aromatic amines is 1. The fourth-order valence-corrected chi connectivity index (χ4v) is 2.39. The number of hydrogen-bond acceptors (Lipinski definition) is 4. The molecule has 1 fully saturated rings. The van der Waals surface area contributed by atoms with E-state index in [-0.39, 0.29) is 0 Å². The second-order valence-corrected chi connectivity index (χ2v) is 5.61. The molecule has 0 bridgehead atoms. The van der Waals surface area contributed by atoms with E-state index < -0.39 is 0 Å². The molecule has 0 radical (unpaired) electrons. The zero-order valence-corrected chi connectivity index (χ0v) is 12.2. The summed E-state index contributed by atoms with van der Waals surface area (Å²) >= 11 is 0. The summed E-state index contributed by atoms with van der Waals surface area (Å²) in [5.41, 5.74) is 3.27. The van der Waals surface area contributed by atoms with Crippen molar-refractivity contribution in [1.29, 1.82) is 0 Å². The number of hydrogen-bond donors (Lipinski definition) is 2. The molecule has 4 rings (SSSR count). The van der Waals surface area contributed by atoms with E-state index in [9.17, 15) is 0 Å². The quantitative estimate of drug-likeness (QED) is 0.756. The van der Waals surface area contributed by atoms with Crippen LogP contribution < -0.4 is 5.32 Å². The van der Waals surface area contributed by atoms with E-state index >= 15 is 0 Å². The first-order valence-corrected chi connectivity index (χ1v) is 7.54. The third-order valence-corrected chi connectivity index (χ3v) is 3.83. The highest BCUT2D eigenvalue weighted by Gasteiger charge is 2.27. The van der Waals surface area contributed by atoms with Crippen LogP contribution in [-0.4, -0.2) is 20.2 Å². The minimum absolute atomic E-state index is 0.599. The molecule has 1 aromatic carbocycles. The van der Waals surface area contributed by atoms with Gasteiger partial charge >= 0.3 is 0 Å². The lowest BCUT2D eigenvalue weighted by atomic mass is 10.2. The average molecular weight is 291 g/mol. The van der Waals surface area contributed by atoms with Gasteiger partial charge in [0.15, 0.2) is 5.82 Å². The largest absolute Gasteiger partial charge is 0.381 e. The van der Waals surface area contributed by atoms with E-state index in [0.29, 0.717) is 5.92 Å². The van der Waals surface area contributed by atoms with Crippen LogP contribution >= 0.6 is 0 Å². The number of nitrogens with zero attached hydrogens (tertiary/aromatic N) is 3. The van der Waals surface area contributed by atoms with Crippen molar-refractivity contribution in [2.24, 2.45) is 0 Å². The SMILES string of the molecule is c1cncc(CNc2ccc(-c3n[nH]c(C4CC4)n3)cc2)c1. The molecule has 3 aromatic rings. The van der Waals surface area contributed by atoms with Gasteiger partial charge in [-0.3, -0.25) is 10.1 Å². The van der Waals surface area contributed by atoms with E-state index in [4.69, 9.17) is 0 Å². The Morgan fingerprint density at radius 3 is 2.73 bits per heavy atom. The van der Waals surface area contributed by atoms with Crippen LogP contribution in [0.4, 0.5) is 5.69 Å². The number of pyridine rings is 1.